The molecule has 2 heteroatoms. The highest BCUT2D eigenvalue weighted by atomic mass is 16.1. The monoisotopic (exact) mass is 208 g/mol. The molecule has 0 bridgehead atoms. The molecule has 84 valence electrons. The zero-order valence-corrected chi connectivity index (χ0v) is 9.71. The maximum Gasteiger partial charge on any atom is 0.145 e. The number of hydrogen-bond donors (Lipinski definition) is 0. The minimum absolute atomic E-state index is 0.0613. The summed E-state index contributed by atoms with van der Waals surface area (Å²) in [5.41, 5.74) is 0.784. The second kappa shape index (κ2) is 4.73. The largest absolute Gasteiger partial charge is 0.303 e. The van der Waals surface area contributed by atoms with Crippen molar-refractivity contribution in [3.05, 3.63) is 12.2 Å². The third-order valence-electron chi connectivity index (χ3n) is 3.54. The molecule has 2 nitrogen and oxygen atoms in total. The van der Waals surface area contributed by atoms with Crippen LogP contribution < -0.4 is 0 Å². The maximum absolute atomic E-state index is 12.1. The number of carbonyl (C=O) groups is 2. The van der Waals surface area contributed by atoms with Gasteiger partial charge in [-0.1, -0.05) is 19.1 Å². The van der Waals surface area contributed by atoms with Gasteiger partial charge in [-0.25, -0.2) is 0 Å². The molecule has 1 aliphatic carbocycles. The van der Waals surface area contributed by atoms with E-state index in [0.29, 0.717) is 12.2 Å². The van der Waals surface area contributed by atoms with Crippen LogP contribution in [0.3, 0.4) is 0 Å². The first-order valence-corrected chi connectivity index (χ1v) is 5.64. The van der Waals surface area contributed by atoms with Crippen molar-refractivity contribution in [2.45, 2.75) is 46.0 Å². The molecule has 0 amide bonds. The van der Waals surface area contributed by atoms with Crippen molar-refractivity contribution < 1.29 is 9.59 Å². The molecular formula is C13H20O2. The van der Waals surface area contributed by atoms with Crippen LogP contribution in [-0.2, 0) is 9.59 Å². The number of Topliss-reactive ketones (excluding diaryl/α,β-unsaturated/α-hetero) is 1. The molecule has 1 fully saturated rings. The molecule has 1 saturated carbocycles. The zero-order valence-electron chi connectivity index (χ0n) is 9.71. The summed E-state index contributed by atoms with van der Waals surface area (Å²) in [6, 6.07) is 0. The third-order valence-corrected chi connectivity index (χ3v) is 3.54. The van der Waals surface area contributed by atoms with Crippen molar-refractivity contribution in [2.75, 3.05) is 0 Å². The van der Waals surface area contributed by atoms with Crippen molar-refractivity contribution in [3.63, 3.8) is 0 Å². The highest BCUT2D eigenvalue weighted by Gasteiger charge is 2.43. The highest BCUT2D eigenvalue weighted by Crippen LogP contribution is 2.43. The van der Waals surface area contributed by atoms with E-state index in [0.717, 1.165) is 37.5 Å². The molecular weight excluding hydrogens is 188 g/mol. The van der Waals surface area contributed by atoms with Crippen molar-refractivity contribution in [2.24, 2.45) is 11.3 Å². The molecule has 0 aromatic carbocycles. The van der Waals surface area contributed by atoms with Crippen LogP contribution in [0.4, 0.5) is 0 Å². The smallest absolute Gasteiger partial charge is 0.145 e. The Kier molecular flexibility index (Phi) is 3.83. The van der Waals surface area contributed by atoms with Gasteiger partial charge in [0.05, 0.1) is 0 Å². The van der Waals surface area contributed by atoms with E-state index in [9.17, 15) is 9.59 Å². The Bertz CT molecular complexity index is 280. The lowest BCUT2D eigenvalue weighted by molar-refractivity contribution is -0.127. The summed E-state index contributed by atoms with van der Waals surface area (Å²) in [6.07, 6.45) is 5.05. The minimum Gasteiger partial charge on any atom is -0.303 e. The highest BCUT2D eigenvalue weighted by molar-refractivity contribution is 5.90. The summed E-state index contributed by atoms with van der Waals surface area (Å²) in [4.78, 5) is 22.4. The van der Waals surface area contributed by atoms with Gasteiger partial charge in [0.15, 0.2) is 0 Å². The summed E-state index contributed by atoms with van der Waals surface area (Å²) >= 11 is 0. The van der Waals surface area contributed by atoms with E-state index in [2.05, 4.69) is 6.58 Å². The van der Waals surface area contributed by atoms with Gasteiger partial charge in [0.25, 0.3) is 0 Å². The van der Waals surface area contributed by atoms with Gasteiger partial charge in [-0.2, -0.15) is 0 Å². The zero-order chi connectivity index (χ0) is 11.5. The molecule has 0 spiro atoms. The van der Waals surface area contributed by atoms with Gasteiger partial charge in [-0.05, 0) is 32.6 Å². The molecule has 15 heavy (non-hydrogen) atoms. The Hall–Kier alpha value is -0.920. The van der Waals surface area contributed by atoms with Crippen LogP contribution in [0.1, 0.15) is 46.0 Å². The average Bonchev–Trinajstić information content (AvgIpc) is 2.45. The molecule has 1 aliphatic rings. The van der Waals surface area contributed by atoms with Gasteiger partial charge in [0.2, 0.25) is 0 Å². The van der Waals surface area contributed by atoms with Crippen LogP contribution in [0, 0.1) is 11.3 Å². The number of ketones is 1. The molecule has 0 aromatic heterocycles. The second-order valence-electron chi connectivity index (χ2n) is 4.92. The maximum atomic E-state index is 12.1. The van der Waals surface area contributed by atoms with Gasteiger partial charge in [0.1, 0.15) is 12.1 Å². The third kappa shape index (κ3) is 2.55. The van der Waals surface area contributed by atoms with Crippen molar-refractivity contribution in [3.8, 4) is 0 Å². The topological polar surface area (TPSA) is 34.1 Å². The quantitative estimate of drug-likeness (QED) is 0.395. The van der Waals surface area contributed by atoms with Crippen LogP contribution in [0.25, 0.3) is 0 Å². The standard InChI is InChI=1S/C13H20O2/c1-10(2)11-6-8-13(3,12(11)15)7-4-5-9-14/h9,11H,1,4-8H2,2-3H3. The van der Waals surface area contributed by atoms with Crippen molar-refractivity contribution >= 4 is 12.1 Å². The number of unbranched alkanes of at least 4 members (excludes halogenated alkanes) is 1. The van der Waals surface area contributed by atoms with E-state index in [4.69, 9.17) is 0 Å². The molecule has 2 unspecified atom stereocenters. The van der Waals surface area contributed by atoms with Gasteiger partial charge in [0, 0.05) is 17.8 Å². The molecule has 0 aliphatic heterocycles. The van der Waals surface area contributed by atoms with Gasteiger partial charge in [-0.15, -0.1) is 0 Å². The molecule has 0 radical (unpaired) electrons. The van der Waals surface area contributed by atoms with Gasteiger partial charge in [-0.3, -0.25) is 4.79 Å². The Labute approximate surface area is 91.7 Å². The Morgan fingerprint density at radius 3 is 2.80 bits per heavy atom. The van der Waals surface area contributed by atoms with Crippen molar-refractivity contribution in [1.29, 1.82) is 0 Å². The van der Waals surface area contributed by atoms with E-state index >= 15 is 0 Å². The van der Waals surface area contributed by atoms with E-state index in [1.165, 1.54) is 0 Å². The van der Waals surface area contributed by atoms with Crippen LogP contribution >= 0.6 is 0 Å². The fourth-order valence-electron chi connectivity index (χ4n) is 2.43. The number of aldehydes is 1. The first-order valence-electron chi connectivity index (χ1n) is 5.64. The summed E-state index contributed by atoms with van der Waals surface area (Å²) in [6.45, 7) is 7.83. The fourth-order valence-corrected chi connectivity index (χ4v) is 2.43. The van der Waals surface area contributed by atoms with Crippen LogP contribution in [-0.4, -0.2) is 12.1 Å². The fraction of sp³-hybridized carbons (Fsp3) is 0.692. The van der Waals surface area contributed by atoms with Crippen LogP contribution in [0.2, 0.25) is 0 Å². The van der Waals surface area contributed by atoms with E-state index in [1.807, 2.05) is 13.8 Å². The minimum atomic E-state index is -0.202. The molecule has 0 N–H and O–H groups in total. The second-order valence-corrected chi connectivity index (χ2v) is 4.92. The lowest BCUT2D eigenvalue weighted by Gasteiger charge is -2.22. The van der Waals surface area contributed by atoms with E-state index in [-0.39, 0.29) is 11.3 Å². The molecule has 0 aromatic rings. The number of hydrogen-bond acceptors (Lipinski definition) is 2. The number of allylic oxidation sites excluding steroid dienone is 1. The van der Waals surface area contributed by atoms with Gasteiger partial charge < -0.3 is 4.79 Å². The average molecular weight is 208 g/mol. The van der Waals surface area contributed by atoms with Crippen LogP contribution in [0.15, 0.2) is 12.2 Å². The molecule has 0 saturated heterocycles. The summed E-state index contributed by atoms with van der Waals surface area (Å²) in [7, 11) is 0. The molecule has 1 rings (SSSR count). The number of carbonyl (C=O) groups excluding carboxylic acids is 2. The summed E-state index contributed by atoms with van der Waals surface area (Å²) < 4.78 is 0. The lowest BCUT2D eigenvalue weighted by Crippen LogP contribution is -2.25. The first-order chi connectivity index (χ1) is 7.01. The normalized spacial score (nSPS) is 30.5. The predicted molar refractivity (Wildman–Crippen MR) is 60.6 cm³/mol. The number of rotatable bonds is 5. The Balaban J connectivity index is 2.59. The predicted octanol–water partition coefficient (Wildman–Crippen LogP) is 2.92. The Morgan fingerprint density at radius 2 is 2.33 bits per heavy atom. The van der Waals surface area contributed by atoms with Gasteiger partial charge >= 0.3 is 0 Å². The van der Waals surface area contributed by atoms with Crippen molar-refractivity contribution in [1.82, 2.24) is 0 Å². The van der Waals surface area contributed by atoms with E-state index in [1.54, 1.807) is 0 Å². The van der Waals surface area contributed by atoms with E-state index < -0.39 is 0 Å². The lowest BCUT2D eigenvalue weighted by atomic mass is 9.80. The SMILES string of the molecule is C=C(C)C1CCC(C)(CCCC=O)C1=O. The Morgan fingerprint density at radius 1 is 1.67 bits per heavy atom. The van der Waals surface area contributed by atoms with Crippen LogP contribution in [0.5, 0.6) is 0 Å². The molecule has 2 atom stereocenters. The first kappa shape index (κ1) is 12.2. The summed E-state index contributed by atoms with van der Waals surface area (Å²) in [5, 5.41) is 0. The molecule has 0 heterocycles. The summed E-state index contributed by atoms with van der Waals surface area (Å²) in [5.74, 6) is 0.395.